The van der Waals surface area contributed by atoms with Crippen molar-refractivity contribution in [1.82, 2.24) is 25.2 Å². The maximum Gasteiger partial charge on any atom is 0.416 e. The lowest BCUT2D eigenvalue weighted by molar-refractivity contribution is -0.137. The zero-order valence-electron chi connectivity index (χ0n) is 18.4. The highest BCUT2D eigenvalue weighted by Gasteiger charge is 2.40. The molecule has 4 rings (SSSR count). The van der Waals surface area contributed by atoms with Gasteiger partial charge >= 0.3 is 12.2 Å². The molecule has 0 aliphatic carbocycles. The van der Waals surface area contributed by atoms with Gasteiger partial charge in [-0.1, -0.05) is 23.5 Å². The van der Waals surface area contributed by atoms with E-state index in [0.717, 1.165) is 23.5 Å². The molecule has 1 saturated heterocycles. The Kier molecular flexibility index (Phi) is 6.99. The van der Waals surface area contributed by atoms with Gasteiger partial charge in [0, 0.05) is 13.1 Å². The highest BCUT2D eigenvalue weighted by molar-refractivity contribution is 7.22. The smallest absolute Gasteiger partial charge is 0.416 e. The second-order valence-corrected chi connectivity index (χ2v) is 9.06. The zero-order chi connectivity index (χ0) is 25.2. The number of rotatable bonds is 5. The fourth-order valence-electron chi connectivity index (χ4n) is 3.98. The van der Waals surface area contributed by atoms with Crippen LogP contribution < -0.4 is 15.4 Å². The maximum atomic E-state index is 13.3. The highest BCUT2D eigenvalue weighted by Crippen LogP contribution is 2.37. The van der Waals surface area contributed by atoms with Gasteiger partial charge in [-0.2, -0.15) is 18.2 Å². The summed E-state index contributed by atoms with van der Waals surface area (Å²) in [6.07, 6.45) is -2.80. The number of ether oxygens (including phenoxy) is 1. The lowest BCUT2D eigenvalue weighted by atomic mass is 9.80. The van der Waals surface area contributed by atoms with Gasteiger partial charge in [0.25, 0.3) is 0 Å². The number of methoxy groups -OCH3 is 1. The average molecular weight is 529 g/mol. The molecule has 3 heterocycles. The van der Waals surface area contributed by atoms with Crippen LogP contribution in [0.4, 0.5) is 23.1 Å². The normalized spacial score (nSPS) is 15.6. The van der Waals surface area contributed by atoms with Crippen molar-refractivity contribution in [3.63, 3.8) is 0 Å². The van der Waals surface area contributed by atoms with E-state index in [0.29, 0.717) is 21.0 Å². The minimum Gasteiger partial charge on any atom is -0.479 e. The van der Waals surface area contributed by atoms with Gasteiger partial charge in [-0.05, 0) is 30.5 Å². The van der Waals surface area contributed by atoms with E-state index in [1.165, 1.54) is 30.5 Å². The van der Waals surface area contributed by atoms with Gasteiger partial charge in [0.2, 0.25) is 11.8 Å². The Labute approximate surface area is 206 Å². The molecule has 1 aliphatic rings. The maximum absolute atomic E-state index is 13.3. The molecule has 9 nitrogen and oxygen atoms in total. The van der Waals surface area contributed by atoms with Crippen LogP contribution in [0.5, 0.6) is 5.88 Å². The molecule has 0 bridgehead atoms. The quantitative estimate of drug-likeness (QED) is 0.485. The van der Waals surface area contributed by atoms with Gasteiger partial charge < -0.3 is 15.0 Å². The van der Waals surface area contributed by atoms with E-state index in [2.05, 4.69) is 25.6 Å². The summed E-state index contributed by atoms with van der Waals surface area (Å²) < 4.78 is 45.0. The largest absolute Gasteiger partial charge is 0.479 e. The monoisotopic (exact) mass is 528 g/mol. The minimum absolute atomic E-state index is 0.179. The van der Waals surface area contributed by atoms with Crippen molar-refractivity contribution in [2.75, 3.05) is 31.4 Å². The summed E-state index contributed by atoms with van der Waals surface area (Å²) in [7, 11) is 1.45. The number of hydrogen-bond donors (Lipinski definition) is 2. The number of fused-ring (bicyclic) bond motifs is 1. The SMILES string of the molecule is COc1ncnc2sc(NC(=O)N3CCC(NC(=O)CCl)(c4cccc(C(F)(F)F)c4)CC3)nc12. The number of carbonyl (C=O) groups excluding carboxylic acids is 2. The Morgan fingerprint density at radius 1 is 1.26 bits per heavy atom. The molecule has 0 spiro atoms. The Morgan fingerprint density at radius 2 is 2.00 bits per heavy atom. The molecule has 0 atom stereocenters. The Hall–Kier alpha value is -3.19. The molecule has 0 saturated carbocycles. The van der Waals surface area contributed by atoms with Crippen LogP contribution in [0, 0.1) is 0 Å². The molecule has 35 heavy (non-hydrogen) atoms. The van der Waals surface area contributed by atoms with Gasteiger partial charge in [-0.25, -0.2) is 14.8 Å². The third kappa shape index (κ3) is 5.25. The van der Waals surface area contributed by atoms with E-state index in [1.807, 2.05) is 0 Å². The number of hydrogen-bond acceptors (Lipinski definition) is 7. The van der Waals surface area contributed by atoms with Crippen molar-refractivity contribution in [2.24, 2.45) is 0 Å². The highest BCUT2D eigenvalue weighted by atomic mass is 35.5. The van der Waals surface area contributed by atoms with Crippen LogP contribution in [0.3, 0.4) is 0 Å². The predicted molar refractivity (Wildman–Crippen MR) is 124 cm³/mol. The fraction of sp³-hybridized carbons (Fsp3) is 0.381. The summed E-state index contributed by atoms with van der Waals surface area (Å²) in [6, 6.07) is 4.41. The molecule has 14 heteroatoms. The van der Waals surface area contributed by atoms with E-state index in [9.17, 15) is 22.8 Å². The molecule has 3 amide bonds. The summed E-state index contributed by atoms with van der Waals surface area (Å²) in [5.41, 5.74) is -1.18. The van der Waals surface area contributed by atoms with Crippen LogP contribution >= 0.6 is 22.9 Å². The molecule has 2 N–H and O–H groups in total. The van der Waals surface area contributed by atoms with Crippen molar-refractivity contribution in [2.45, 2.75) is 24.6 Å². The van der Waals surface area contributed by atoms with E-state index < -0.39 is 29.2 Å². The molecular formula is C21H20ClF3N6O3S. The van der Waals surface area contributed by atoms with Gasteiger partial charge in [-0.3, -0.25) is 10.1 Å². The molecule has 2 aromatic heterocycles. The number of halogens is 4. The van der Waals surface area contributed by atoms with E-state index in [1.54, 1.807) is 0 Å². The van der Waals surface area contributed by atoms with Crippen LogP contribution in [-0.4, -0.2) is 57.9 Å². The number of nitrogens with one attached hydrogen (secondary N) is 2. The van der Waals surface area contributed by atoms with Crippen molar-refractivity contribution < 1.29 is 27.5 Å². The third-order valence-corrected chi connectivity index (χ3v) is 6.84. The summed E-state index contributed by atoms with van der Waals surface area (Å²) in [6.45, 7) is 0.358. The topological polar surface area (TPSA) is 109 Å². The van der Waals surface area contributed by atoms with Crippen molar-refractivity contribution >= 4 is 50.4 Å². The van der Waals surface area contributed by atoms with E-state index in [4.69, 9.17) is 16.3 Å². The van der Waals surface area contributed by atoms with Crippen LogP contribution in [0.1, 0.15) is 24.0 Å². The number of amides is 3. The first-order chi connectivity index (χ1) is 16.6. The van der Waals surface area contributed by atoms with Crippen LogP contribution in [0.15, 0.2) is 30.6 Å². The van der Waals surface area contributed by atoms with Gasteiger partial charge in [0.15, 0.2) is 15.5 Å². The zero-order valence-corrected chi connectivity index (χ0v) is 19.9. The number of benzene rings is 1. The van der Waals surface area contributed by atoms with Gasteiger partial charge in [0.1, 0.15) is 12.2 Å². The van der Waals surface area contributed by atoms with Crippen molar-refractivity contribution in [3.05, 3.63) is 41.7 Å². The van der Waals surface area contributed by atoms with Gasteiger partial charge in [-0.15, -0.1) is 11.6 Å². The lowest BCUT2D eigenvalue weighted by Gasteiger charge is -2.42. The first-order valence-electron chi connectivity index (χ1n) is 10.4. The predicted octanol–water partition coefficient (Wildman–Crippen LogP) is 3.99. The number of likely N-dealkylation sites (tertiary alicyclic amines) is 1. The lowest BCUT2D eigenvalue weighted by Crippen LogP contribution is -2.55. The molecule has 0 radical (unpaired) electrons. The van der Waals surface area contributed by atoms with Crippen molar-refractivity contribution in [3.8, 4) is 5.88 Å². The second kappa shape index (κ2) is 9.82. The number of carbonyl (C=O) groups is 2. The molecular weight excluding hydrogens is 509 g/mol. The Balaban J connectivity index is 1.51. The summed E-state index contributed by atoms with van der Waals surface area (Å²) in [4.78, 5) is 39.5. The summed E-state index contributed by atoms with van der Waals surface area (Å²) >= 11 is 6.81. The Morgan fingerprint density at radius 3 is 2.66 bits per heavy atom. The first kappa shape index (κ1) is 24.9. The number of nitrogens with zero attached hydrogens (tertiary/aromatic N) is 4. The molecule has 0 unspecified atom stereocenters. The number of urea groups is 1. The third-order valence-electron chi connectivity index (χ3n) is 5.72. The molecule has 1 aliphatic heterocycles. The number of aromatic nitrogens is 3. The van der Waals surface area contributed by atoms with E-state index >= 15 is 0 Å². The molecule has 186 valence electrons. The van der Waals surface area contributed by atoms with Crippen LogP contribution in [0.2, 0.25) is 0 Å². The number of anilines is 1. The summed E-state index contributed by atoms with van der Waals surface area (Å²) in [5.74, 6) is -0.563. The minimum atomic E-state index is -4.53. The summed E-state index contributed by atoms with van der Waals surface area (Å²) in [5, 5.41) is 5.79. The van der Waals surface area contributed by atoms with Gasteiger partial charge in [0.05, 0.1) is 18.2 Å². The molecule has 1 fully saturated rings. The Bertz CT molecular complexity index is 1250. The molecule has 3 aromatic rings. The number of piperidine rings is 1. The van der Waals surface area contributed by atoms with Crippen molar-refractivity contribution in [1.29, 1.82) is 0 Å². The fourth-order valence-corrected chi connectivity index (χ4v) is 4.83. The number of thiazole rings is 1. The van der Waals surface area contributed by atoms with Crippen LogP contribution in [0.25, 0.3) is 10.3 Å². The van der Waals surface area contributed by atoms with E-state index in [-0.39, 0.29) is 37.7 Å². The molecule has 1 aromatic carbocycles. The van der Waals surface area contributed by atoms with Crippen LogP contribution in [-0.2, 0) is 16.5 Å². The first-order valence-corrected chi connectivity index (χ1v) is 11.8. The number of alkyl halides is 4. The second-order valence-electron chi connectivity index (χ2n) is 7.82. The standard InChI is InChI=1S/C21H20ClF3N6O3S/c1-34-16-15-17(27-11-26-16)35-18(28-15)29-19(33)31-7-5-20(6-8-31,30-14(32)10-22)12-3-2-4-13(9-12)21(23,24)25/h2-4,9,11H,5-8,10H2,1H3,(H,30,32)(H,28,29,33). The average Bonchev–Trinajstić information content (AvgIpc) is 3.26.